The van der Waals surface area contributed by atoms with Crippen LogP contribution >= 0.6 is 11.3 Å². The van der Waals surface area contributed by atoms with Crippen molar-refractivity contribution in [2.75, 3.05) is 6.54 Å². The number of thiophene rings is 1. The van der Waals surface area contributed by atoms with Crippen LogP contribution in [0.5, 0.6) is 0 Å². The fourth-order valence-electron chi connectivity index (χ4n) is 1.53. The third-order valence-electron chi connectivity index (χ3n) is 2.33. The average Bonchev–Trinajstić information content (AvgIpc) is 2.95. The Morgan fingerprint density at radius 3 is 2.94 bits per heavy atom. The summed E-state index contributed by atoms with van der Waals surface area (Å²) in [5, 5.41) is 13.5. The molecule has 0 spiro atoms. The van der Waals surface area contributed by atoms with Crippen molar-refractivity contribution in [3.63, 3.8) is 0 Å². The first-order valence-electron chi connectivity index (χ1n) is 5.45. The summed E-state index contributed by atoms with van der Waals surface area (Å²) >= 11 is 1.61. The van der Waals surface area contributed by atoms with Crippen LogP contribution in [0.15, 0.2) is 21.9 Å². The molecule has 0 amide bonds. The van der Waals surface area contributed by atoms with E-state index in [0.717, 1.165) is 17.8 Å². The first-order valence-corrected chi connectivity index (χ1v) is 6.33. The van der Waals surface area contributed by atoms with E-state index >= 15 is 0 Å². The Morgan fingerprint density at radius 2 is 2.31 bits per heavy atom. The Morgan fingerprint density at radius 1 is 1.44 bits per heavy atom. The summed E-state index contributed by atoms with van der Waals surface area (Å²) < 4.78 is 5.66. The summed E-state index contributed by atoms with van der Waals surface area (Å²) in [5.74, 6) is 1.29. The van der Waals surface area contributed by atoms with E-state index in [1.165, 1.54) is 0 Å². The molecule has 0 saturated carbocycles. The van der Waals surface area contributed by atoms with E-state index in [2.05, 4.69) is 29.4 Å². The van der Waals surface area contributed by atoms with Crippen LogP contribution in [-0.4, -0.2) is 16.7 Å². The van der Waals surface area contributed by atoms with Crippen LogP contribution in [0, 0.1) is 0 Å². The predicted molar refractivity (Wildman–Crippen MR) is 64.3 cm³/mol. The van der Waals surface area contributed by atoms with Crippen LogP contribution in [0.1, 0.15) is 32.2 Å². The zero-order valence-corrected chi connectivity index (χ0v) is 10.3. The highest BCUT2D eigenvalue weighted by Gasteiger charge is 2.16. The second kappa shape index (κ2) is 5.23. The lowest BCUT2D eigenvalue weighted by atomic mass is 10.2. The summed E-state index contributed by atoms with van der Waals surface area (Å²) in [6.45, 7) is 5.07. The summed E-state index contributed by atoms with van der Waals surface area (Å²) in [4.78, 5) is 1.02. The van der Waals surface area contributed by atoms with Gasteiger partial charge in [-0.1, -0.05) is 19.9 Å². The minimum Gasteiger partial charge on any atom is -0.418 e. The van der Waals surface area contributed by atoms with Gasteiger partial charge in [0.1, 0.15) is 0 Å². The molecule has 0 radical (unpaired) electrons. The quantitative estimate of drug-likeness (QED) is 0.868. The zero-order chi connectivity index (χ0) is 11.4. The van der Waals surface area contributed by atoms with Gasteiger partial charge in [0.25, 0.3) is 5.89 Å². The fraction of sp³-hybridized carbons (Fsp3) is 0.455. The van der Waals surface area contributed by atoms with Crippen LogP contribution in [0.4, 0.5) is 0 Å². The molecule has 2 aromatic heterocycles. The molecule has 2 rings (SSSR count). The van der Waals surface area contributed by atoms with Crippen LogP contribution in [0.3, 0.4) is 0 Å². The molecule has 0 fully saturated rings. The average molecular weight is 237 g/mol. The minimum atomic E-state index is 0.159. The maximum Gasteiger partial charge on any atom is 0.257 e. The van der Waals surface area contributed by atoms with Gasteiger partial charge in [-0.25, -0.2) is 0 Å². The molecule has 1 atom stereocenters. The van der Waals surface area contributed by atoms with Gasteiger partial charge >= 0.3 is 0 Å². The SMILES string of the molecule is CCNC(CC)c1nnc(-c2cccs2)o1. The third kappa shape index (κ3) is 2.31. The van der Waals surface area contributed by atoms with E-state index in [9.17, 15) is 0 Å². The predicted octanol–water partition coefficient (Wildman–Crippen LogP) is 2.86. The van der Waals surface area contributed by atoms with Gasteiger partial charge in [0.15, 0.2) is 0 Å². The van der Waals surface area contributed by atoms with Gasteiger partial charge in [0, 0.05) is 0 Å². The van der Waals surface area contributed by atoms with E-state index in [1.54, 1.807) is 11.3 Å². The number of hydrogen-bond donors (Lipinski definition) is 1. The lowest BCUT2D eigenvalue weighted by Gasteiger charge is -2.09. The molecule has 2 heterocycles. The van der Waals surface area contributed by atoms with E-state index < -0.39 is 0 Å². The number of nitrogens with zero attached hydrogens (tertiary/aromatic N) is 2. The molecule has 1 unspecified atom stereocenters. The van der Waals surface area contributed by atoms with Gasteiger partial charge in [0.2, 0.25) is 5.89 Å². The number of hydrogen-bond acceptors (Lipinski definition) is 5. The maximum atomic E-state index is 5.66. The molecule has 0 aliphatic heterocycles. The Hall–Kier alpha value is -1.20. The molecule has 0 saturated heterocycles. The molecule has 86 valence electrons. The molecule has 2 aromatic rings. The van der Waals surface area contributed by atoms with Crippen LogP contribution in [0.2, 0.25) is 0 Å². The van der Waals surface area contributed by atoms with E-state index in [1.807, 2.05) is 17.5 Å². The van der Waals surface area contributed by atoms with Gasteiger partial charge < -0.3 is 9.73 Å². The maximum absolute atomic E-state index is 5.66. The van der Waals surface area contributed by atoms with Gasteiger partial charge in [-0.15, -0.1) is 21.5 Å². The Kier molecular flexibility index (Phi) is 3.69. The highest BCUT2D eigenvalue weighted by Crippen LogP contribution is 2.25. The van der Waals surface area contributed by atoms with E-state index in [4.69, 9.17) is 4.42 Å². The molecule has 0 aromatic carbocycles. The normalized spacial score (nSPS) is 12.9. The lowest BCUT2D eigenvalue weighted by molar-refractivity contribution is 0.402. The second-order valence-electron chi connectivity index (χ2n) is 3.44. The monoisotopic (exact) mass is 237 g/mol. The zero-order valence-electron chi connectivity index (χ0n) is 9.43. The topological polar surface area (TPSA) is 51.0 Å². The summed E-state index contributed by atoms with van der Waals surface area (Å²) in [5.41, 5.74) is 0. The highest BCUT2D eigenvalue weighted by atomic mass is 32.1. The van der Waals surface area contributed by atoms with Crippen molar-refractivity contribution in [1.29, 1.82) is 0 Å². The van der Waals surface area contributed by atoms with Crippen molar-refractivity contribution < 1.29 is 4.42 Å². The van der Waals surface area contributed by atoms with Crippen LogP contribution in [-0.2, 0) is 0 Å². The standard InChI is InChI=1S/C11H15N3OS/c1-3-8(12-4-2)10-13-14-11(15-10)9-6-5-7-16-9/h5-8,12H,3-4H2,1-2H3. The Labute approximate surface area is 98.7 Å². The molecular weight excluding hydrogens is 222 g/mol. The smallest absolute Gasteiger partial charge is 0.257 e. The molecule has 0 aliphatic carbocycles. The Balaban J connectivity index is 2.18. The number of aromatic nitrogens is 2. The molecule has 0 aliphatic rings. The van der Waals surface area contributed by atoms with Crippen LogP contribution in [0.25, 0.3) is 10.8 Å². The van der Waals surface area contributed by atoms with Gasteiger partial charge in [-0.3, -0.25) is 0 Å². The first-order chi connectivity index (χ1) is 7.85. The minimum absolute atomic E-state index is 0.159. The molecule has 0 bridgehead atoms. The molecule has 4 nitrogen and oxygen atoms in total. The van der Waals surface area contributed by atoms with Crippen molar-refractivity contribution in [2.45, 2.75) is 26.3 Å². The largest absolute Gasteiger partial charge is 0.418 e. The number of rotatable bonds is 5. The summed E-state index contributed by atoms with van der Waals surface area (Å²) in [6.07, 6.45) is 0.944. The number of nitrogens with one attached hydrogen (secondary N) is 1. The second-order valence-corrected chi connectivity index (χ2v) is 4.39. The molecular formula is C11H15N3OS. The van der Waals surface area contributed by atoms with E-state index in [0.29, 0.717) is 11.8 Å². The van der Waals surface area contributed by atoms with Crippen molar-refractivity contribution in [3.05, 3.63) is 23.4 Å². The summed E-state index contributed by atoms with van der Waals surface area (Å²) in [7, 11) is 0. The van der Waals surface area contributed by atoms with E-state index in [-0.39, 0.29) is 6.04 Å². The van der Waals surface area contributed by atoms with Crippen molar-refractivity contribution in [2.24, 2.45) is 0 Å². The Bertz CT molecular complexity index is 424. The molecule has 1 N–H and O–H groups in total. The van der Waals surface area contributed by atoms with Crippen LogP contribution < -0.4 is 5.32 Å². The fourth-order valence-corrected chi connectivity index (χ4v) is 2.17. The summed E-state index contributed by atoms with van der Waals surface area (Å²) in [6, 6.07) is 4.12. The third-order valence-corrected chi connectivity index (χ3v) is 3.19. The van der Waals surface area contributed by atoms with Gasteiger partial charge in [-0.2, -0.15) is 0 Å². The van der Waals surface area contributed by atoms with Crippen molar-refractivity contribution >= 4 is 11.3 Å². The van der Waals surface area contributed by atoms with Crippen molar-refractivity contribution in [1.82, 2.24) is 15.5 Å². The highest BCUT2D eigenvalue weighted by molar-refractivity contribution is 7.13. The van der Waals surface area contributed by atoms with Crippen molar-refractivity contribution in [3.8, 4) is 10.8 Å². The lowest BCUT2D eigenvalue weighted by Crippen LogP contribution is -2.20. The first kappa shape index (κ1) is 11.3. The molecule has 5 heteroatoms. The molecule has 16 heavy (non-hydrogen) atoms. The van der Waals surface area contributed by atoms with Gasteiger partial charge in [0.05, 0.1) is 10.9 Å². The van der Waals surface area contributed by atoms with Gasteiger partial charge in [-0.05, 0) is 24.4 Å².